The Bertz CT molecular complexity index is 1060. The summed E-state index contributed by atoms with van der Waals surface area (Å²) in [4.78, 5) is 8.55. The first-order chi connectivity index (χ1) is 16.1. The molecule has 0 heterocycles. The number of aliphatic hydroxyl groups is 1. The quantitative estimate of drug-likeness (QED) is 0.179. The van der Waals surface area contributed by atoms with Gasteiger partial charge in [-0.2, -0.15) is 4.99 Å². The number of aliphatic hydroxyl groups excluding tert-OH is 1. The Labute approximate surface area is 201 Å². The first-order valence-electron chi connectivity index (χ1n) is 11.0. The summed E-state index contributed by atoms with van der Waals surface area (Å²) in [5.74, 6) is 0.582. The van der Waals surface area contributed by atoms with E-state index in [1.165, 1.54) is 12.3 Å². The lowest BCUT2D eigenvalue weighted by molar-refractivity contribution is 0.0416. The Morgan fingerprint density at radius 2 is 2.00 bits per heavy atom. The standard InChI is InChI=1S/C26H34FN5O2/c1-6-29-24(32-25(28)31-22-11-7-9-19(15-22)17-33)21-12-13-23(27)20(16-21)10-8-14-30-18(2)34-26(3,4)5/h6-7,9,11-13,15-16,30,33H,1-2,8,10,14,17H2,3-5H3,(H3,28,29,31,32). The van der Waals surface area contributed by atoms with Crippen molar-refractivity contribution in [2.75, 3.05) is 11.9 Å². The number of hydrogen-bond donors (Lipinski definition) is 4. The highest BCUT2D eigenvalue weighted by atomic mass is 19.1. The smallest absolute Gasteiger partial charge is 0.199 e. The van der Waals surface area contributed by atoms with Crippen molar-refractivity contribution in [2.24, 2.45) is 15.7 Å². The molecule has 0 saturated heterocycles. The molecule has 0 saturated carbocycles. The van der Waals surface area contributed by atoms with E-state index in [1.54, 1.807) is 36.4 Å². The molecule has 34 heavy (non-hydrogen) atoms. The fourth-order valence-corrected chi connectivity index (χ4v) is 3.11. The summed E-state index contributed by atoms with van der Waals surface area (Å²) in [5, 5.41) is 15.4. The third-order valence-electron chi connectivity index (χ3n) is 4.50. The summed E-state index contributed by atoms with van der Waals surface area (Å²) in [5.41, 5.74) is 8.30. The third kappa shape index (κ3) is 9.07. The van der Waals surface area contributed by atoms with E-state index >= 15 is 0 Å². The molecule has 0 radical (unpaired) electrons. The van der Waals surface area contributed by atoms with Crippen LogP contribution >= 0.6 is 0 Å². The highest BCUT2D eigenvalue weighted by molar-refractivity contribution is 6.09. The molecule has 0 amide bonds. The second-order valence-electron chi connectivity index (χ2n) is 8.59. The van der Waals surface area contributed by atoms with Gasteiger partial charge in [0.05, 0.1) is 6.61 Å². The summed E-state index contributed by atoms with van der Waals surface area (Å²) < 4.78 is 20.1. The van der Waals surface area contributed by atoms with Gasteiger partial charge in [0.25, 0.3) is 0 Å². The molecule has 2 aromatic carbocycles. The van der Waals surface area contributed by atoms with E-state index in [4.69, 9.17) is 10.5 Å². The molecule has 0 spiro atoms. The molecule has 2 aromatic rings. The molecule has 0 aliphatic rings. The molecule has 7 nitrogen and oxygen atoms in total. The maximum absolute atomic E-state index is 14.4. The van der Waals surface area contributed by atoms with Gasteiger partial charge in [-0.3, -0.25) is 0 Å². The average Bonchev–Trinajstić information content (AvgIpc) is 2.76. The van der Waals surface area contributed by atoms with Crippen molar-refractivity contribution in [3.05, 3.63) is 90.2 Å². The predicted octanol–water partition coefficient (Wildman–Crippen LogP) is 4.44. The Hall–Kier alpha value is -3.65. The van der Waals surface area contributed by atoms with E-state index in [0.717, 1.165) is 5.56 Å². The van der Waals surface area contributed by atoms with Crippen LogP contribution in [0.2, 0.25) is 0 Å². The summed E-state index contributed by atoms with van der Waals surface area (Å²) in [6.07, 6.45) is 2.53. The van der Waals surface area contributed by atoms with Gasteiger partial charge in [0.15, 0.2) is 17.7 Å². The number of aryl methyl sites for hydroxylation is 1. The van der Waals surface area contributed by atoms with Gasteiger partial charge < -0.3 is 26.2 Å². The lowest BCUT2D eigenvalue weighted by Crippen LogP contribution is -2.26. The monoisotopic (exact) mass is 467 g/mol. The van der Waals surface area contributed by atoms with Crippen molar-refractivity contribution < 1.29 is 14.2 Å². The van der Waals surface area contributed by atoms with Crippen molar-refractivity contribution in [3.63, 3.8) is 0 Å². The normalized spacial score (nSPS) is 12.3. The van der Waals surface area contributed by atoms with Gasteiger partial charge in [0.1, 0.15) is 11.4 Å². The van der Waals surface area contributed by atoms with Gasteiger partial charge >= 0.3 is 0 Å². The minimum Gasteiger partial charge on any atom is -0.474 e. The van der Waals surface area contributed by atoms with Crippen molar-refractivity contribution in [1.29, 1.82) is 0 Å². The number of guanidine groups is 1. The number of benzene rings is 2. The second kappa shape index (κ2) is 12.6. The van der Waals surface area contributed by atoms with Gasteiger partial charge in [0.2, 0.25) is 0 Å². The Kier molecular flexibility index (Phi) is 9.82. The van der Waals surface area contributed by atoms with Crippen molar-refractivity contribution in [2.45, 2.75) is 45.8 Å². The summed E-state index contributed by atoms with van der Waals surface area (Å²) in [6.45, 7) is 13.8. The molecule has 0 aliphatic carbocycles. The molecular formula is C26H34FN5O2. The van der Waals surface area contributed by atoms with E-state index in [-0.39, 0.29) is 24.0 Å². The summed E-state index contributed by atoms with van der Waals surface area (Å²) >= 11 is 0. The number of halogens is 1. The zero-order valence-corrected chi connectivity index (χ0v) is 20.1. The van der Waals surface area contributed by atoms with Crippen molar-refractivity contribution in [3.8, 4) is 0 Å². The van der Waals surface area contributed by atoms with E-state index in [0.29, 0.717) is 47.9 Å². The molecule has 0 unspecified atom stereocenters. The lowest BCUT2D eigenvalue weighted by Gasteiger charge is -2.23. The van der Waals surface area contributed by atoms with Gasteiger partial charge in [-0.1, -0.05) is 18.7 Å². The first-order valence-corrected chi connectivity index (χ1v) is 11.0. The van der Waals surface area contributed by atoms with Crippen LogP contribution in [-0.4, -0.2) is 29.0 Å². The van der Waals surface area contributed by atoms with Gasteiger partial charge in [-0.15, -0.1) is 0 Å². The minimum atomic E-state index is -0.329. The maximum atomic E-state index is 14.4. The van der Waals surface area contributed by atoms with Crippen LogP contribution < -0.4 is 16.4 Å². The first kappa shape index (κ1) is 26.6. The Morgan fingerprint density at radius 1 is 1.24 bits per heavy atom. The van der Waals surface area contributed by atoms with Crippen molar-refractivity contribution in [1.82, 2.24) is 5.32 Å². The number of anilines is 1. The lowest BCUT2D eigenvalue weighted by atomic mass is 10.0. The SMILES string of the molecule is C=C/N=C(\N=C(/N)Nc1cccc(CO)c1)c1ccc(F)c(CCCNC(=C)OC(C)(C)C)c1. The van der Waals surface area contributed by atoms with E-state index in [1.807, 2.05) is 20.8 Å². The molecule has 0 aliphatic heterocycles. The van der Waals surface area contributed by atoms with Gasteiger partial charge in [0, 0.05) is 24.0 Å². The van der Waals surface area contributed by atoms with Crippen LogP contribution in [0.4, 0.5) is 10.1 Å². The summed E-state index contributed by atoms with van der Waals surface area (Å²) in [7, 11) is 0. The number of aliphatic imine (C=N–C) groups is 2. The van der Waals surface area contributed by atoms with Crippen LogP contribution in [-0.2, 0) is 17.8 Å². The second-order valence-corrected chi connectivity index (χ2v) is 8.59. The largest absolute Gasteiger partial charge is 0.474 e. The Balaban J connectivity index is 2.09. The number of nitrogens with two attached hydrogens (primary N) is 1. The fraction of sp³-hybridized carbons (Fsp3) is 0.308. The molecule has 182 valence electrons. The van der Waals surface area contributed by atoms with Gasteiger partial charge in [-0.05, 0) is 81.7 Å². The number of amidine groups is 1. The molecule has 5 N–H and O–H groups in total. The minimum absolute atomic E-state index is 0.0820. The molecule has 2 rings (SSSR count). The average molecular weight is 468 g/mol. The van der Waals surface area contributed by atoms with Crippen molar-refractivity contribution >= 4 is 17.5 Å². The fourth-order valence-electron chi connectivity index (χ4n) is 3.11. The molecule has 0 fully saturated rings. The van der Waals surface area contributed by atoms with Crippen LogP contribution in [0.5, 0.6) is 0 Å². The number of ether oxygens (including phenoxy) is 1. The third-order valence-corrected chi connectivity index (χ3v) is 4.50. The number of nitrogens with zero attached hydrogens (tertiary/aromatic N) is 2. The molecule has 0 aromatic heterocycles. The number of hydrogen-bond acceptors (Lipinski definition) is 4. The molecule has 8 heteroatoms. The number of nitrogens with one attached hydrogen (secondary N) is 2. The molecular weight excluding hydrogens is 433 g/mol. The van der Waals surface area contributed by atoms with E-state index in [2.05, 4.69) is 33.8 Å². The van der Waals surface area contributed by atoms with E-state index < -0.39 is 0 Å². The summed E-state index contributed by atoms with van der Waals surface area (Å²) in [6, 6.07) is 11.9. The van der Waals surface area contributed by atoms with Crippen LogP contribution in [0.15, 0.2) is 77.7 Å². The van der Waals surface area contributed by atoms with Crippen LogP contribution in [0.3, 0.4) is 0 Å². The zero-order chi connectivity index (χ0) is 25.1. The van der Waals surface area contributed by atoms with Crippen LogP contribution in [0.1, 0.15) is 43.9 Å². The predicted molar refractivity (Wildman–Crippen MR) is 137 cm³/mol. The van der Waals surface area contributed by atoms with Gasteiger partial charge in [-0.25, -0.2) is 9.38 Å². The molecule has 0 atom stereocenters. The highest BCUT2D eigenvalue weighted by Gasteiger charge is 2.12. The van der Waals surface area contributed by atoms with Crippen LogP contribution in [0, 0.1) is 5.82 Å². The molecule has 0 bridgehead atoms. The van der Waals surface area contributed by atoms with E-state index in [9.17, 15) is 9.50 Å². The topological polar surface area (TPSA) is 104 Å². The van der Waals surface area contributed by atoms with Crippen LogP contribution in [0.25, 0.3) is 0 Å². The maximum Gasteiger partial charge on any atom is 0.199 e. The number of rotatable bonds is 10. The zero-order valence-electron chi connectivity index (χ0n) is 20.1. The Morgan fingerprint density at radius 3 is 2.68 bits per heavy atom. The highest BCUT2D eigenvalue weighted by Crippen LogP contribution is 2.16.